The Morgan fingerprint density at radius 2 is 1.91 bits per heavy atom. The Balaban J connectivity index is 1.57. The summed E-state index contributed by atoms with van der Waals surface area (Å²) in [6.07, 6.45) is 3.98. The zero-order valence-corrected chi connectivity index (χ0v) is 13.0. The summed E-state index contributed by atoms with van der Waals surface area (Å²) < 4.78 is 10.2. The molecule has 1 aromatic rings. The van der Waals surface area contributed by atoms with Crippen molar-refractivity contribution in [2.24, 2.45) is 5.92 Å². The summed E-state index contributed by atoms with van der Waals surface area (Å²) in [6.45, 7) is 1.62. The number of piperidine rings is 1. The largest absolute Gasteiger partial charge is 0.481 e. The Morgan fingerprint density at radius 3 is 2.50 bits per heavy atom. The number of amides is 1. The highest BCUT2D eigenvalue weighted by Gasteiger charge is 2.34. The fourth-order valence-electron chi connectivity index (χ4n) is 2.72. The molecule has 1 aliphatic heterocycles. The molecule has 2 heterocycles. The van der Waals surface area contributed by atoms with Crippen molar-refractivity contribution in [1.82, 2.24) is 14.9 Å². The van der Waals surface area contributed by atoms with Crippen molar-refractivity contribution in [2.45, 2.75) is 31.7 Å². The van der Waals surface area contributed by atoms with Gasteiger partial charge in [-0.05, 0) is 25.7 Å². The summed E-state index contributed by atoms with van der Waals surface area (Å²) >= 11 is 0. The molecule has 1 saturated carbocycles. The van der Waals surface area contributed by atoms with E-state index in [1.807, 2.05) is 4.90 Å². The standard InChI is InChI=1S/C15H22N4O3/c1-21-13-9-12(17-15(18-13)22-2)16-11-5-7-19(8-6-11)14(20)10-3-4-10/h9-11H,3-8H2,1-2H3,(H,16,17,18). The predicted octanol–water partition coefficient (Wildman–Crippen LogP) is 1.31. The second kappa shape index (κ2) is 6.37. The average molecular weight is 306 g/mol. The van der Waals surface area contributed by atoms with Crippen LogP contribution in [0.2, 0.25) is 0 Å². The highest BCUT2D eigenvalue weighted by Crippen LogP contribution is 2.32. The van der Waals surface area contributed by atoms with Crippen molar-refractivity contribution in [2.75, 3.05) is 32.6 Å². The van der Waals surface area contributed by atoms with Crippen molar-refractivity contribution in [3.8, 4) is 11.9 Å². The van der Waals surface area contributed by atoms with Crippen molar-refractivity contribution < 1.29 is 14.3 Å². The smallest absolute Gasteiger partial charge is 0.321 e. The van der Waals surface area contributed by atoms with Crippen LogP contribution in [0.4, 0.5) is 5.82 Å². The van der Waals surface area contributed by atoms with Crippen molar-refractivity contribution >= 4 is 11.7 Å². The highest BCUT2D eigenvalue weighted by atomic mass is 16.5. The third-order valence-electron chi connectivity index (χ3n) is 4.16. The first-order valence-electron chi connectivity index (χ1n) is 7.72. The molecule has 0 atom stereocenters. The monoisotopic (exact) mass is 306 g/mol. The van der Waals surface area contributed by atoms with E-state index in [1.54, 1.807) is 13.2 Å². The molecule has 2 fully saturated rings. The van der Waals surface area contributed by atoms with Crippen molar-refractivity contribution in [3.63, 3.8) is 0 Å². The Kier molecular flexibility index (Phi) is 4.31. The molecule has 7 heteroatoms. The summed E-state index contributed by atoms with van der Waals surface area (Å²) in [5, 5.41) is 3.39. The van der Waals surface area contributed by atoms with Gasteiger partial charge >= 0.3 is 6.01 Å². The van der Waals surface area contributed by atoms with E-state index in [4.69, 9.17) is 9.47 Å². The lowest BCUT2D eigenvalue weighted by Crippen LogP contribution is -2.43. The number of hydrogen-bond donors (Lipinski definition) is 1. The molecule has 1 aromatic heterocycles. The summed E-state index contributed by atoms with van der Waals surface area (Å²) in [6, 6.07) is 2.33. The van der Waals surface area contributed by atoms with E-state index in [0.717, 1.165) is 38.8 Å². The molecule has 7 nitrogen and oxygen atoms in total. The predicted molar refractivity (Wildman–Crippen MR) is 81.1 cm³/mol. The maximum Gasteiger partial charge on any atom is 0.321 e. The third-order valence-corrected chi connectivity index (χ3v) is 4.16. The molecule has 0 aromatic carbocycles. The number of nitrogens with one attached hydrogen (secondary N) is 1. The molecule has 1 aliphatic carbocycles. The Bertz CT molecular complexity index is 517. The first-order chi connectivity index (χ1) is 10.7. The second-order valence-electron chi connectivity index (χ2n) is 5.80. The van der Waals surface area contributed by atoms with E-state index >= 15 is 0 Å². The number of aromatic nitrogens is 2. The van der Waals surface area contributed by atoms with E-state index < -0.39 is 0 Å². The lowest BCUT2D eigenvalue weighted by Gasteiger charge is -2.32. The van der Waals surface area contributed by atoms with Crippen LogP contribution in [0.1, 0.15) is 25.7 Å². The van der Waals surface area contributed by atoms with Crippen LogP contribution in [0.5, 0.6) is 11.9 Å². The number of methoxy groups -OCH3 is 2. The fraction of sp³-hybridized carbons (Fsp3) is 0.667. The van der Waals surface area contributed by atoms with Crippen LogP contribution in [0.15, 0.2) is 6.07 Å². The maximum absolute atomic E-state index is 12.0. The lowest BCUT2D eigenvalue weighted by molar-refractivity contribution is -0.133. The van der Waals surface area contributed by atoms with Gasteiger partial charge in [0.15, 0.2) is 0 Å². The minimum absolute atomic E-state index is 0.281. The number of carbonyl (C=O) groups is 1. The van der Waals surface area contributed by atoms with Gasteiger partial charge in [-0.2, -0.15) is 9.97 Å². The van der Waals surface area contributed by atoms with Crippen LogP contribution >= 0.6 is 0 Å². The van der Waals surface area contributed by atoms with E-state index in [2.05, 4.69) is 15.3 Å². The third kappa shape index (κ3) is 3.40. The molecule has 22 heavy (non-hydrogen) atoms. The number of rotatable bonds is 5. The van der Waals surface area contributed by atoms with Crippen LogP contribution in [-0.2, 0) is 4.79 Å². The molecule has 120 valence electrons. The van der Waals surface area contributed by atoms with Gasteiger partial charge in [-0.25, -0.2) is 0 Å². The Hall–Kier alpha value is -2.05. The SMILES string of the molecule is COc1cc(NC2CCN(C(=O)C3CC3)CC2)nc(OC)n1. The van der Waals surface area contributed by atoms with Gasteiger partial charge in [0.25, 0.3) is 0 Å². The number of likely N-dealkylation sites (tertiary alicyclic amines) is 1. The van der Waals surface area contributed by atoms with Crippen LogP contribution in [0, 0.1) is 5.92 Å². The second-order valence-corrected chi connectivity index (χ2v) is 5.80. The van der Waals surface area contributed by atoms with E-state index in [-0.39, 0.29) is 6.01 Å². The molecule has 0 radical (unpaired) electrons. The molecule has 0 bridgehead atoms. The van der Waals surface area contributed by atoms with Gasteiger partial charge in [-0.15, -0.1) is 0 Å². The lowest BCUT2D eigenvalue weighted by atomic mass is 10.0. The molecule has 3 rings (SSSR count). The van der Waals surface area contributed by atoms with Crippen LogP contribution in [-0.4, -0.2) is 54.1 Å². The van der Waals surface area contributed by atoms with Gasteiger partial charge < -0.3 is 19.7 Å². The molecule has 2 aliphatic rings. The molecule has 1 N–H and O–H groups in total. The minimum atomic E-state index is 0.281. The summed E-state index contributed by atoms with van der Waals surface area (Å²) in [7, 11) is 3.09. The minimum Gasteiger partial charge on any atom is -0.481 e. The van der Waals surface area contributed by atoms with E-state index in [1.165, 1.54) is 7.11 Å². The van der Waals surface area contributed by atoms with Crippen molar-refractivity contribution in [3.05, 3.63) is 6.07 Å². The quantitative estimate of drug-likeness (QED) is 0.884. The zero-order chi connectivity index (χ0) is 15.5. The molecular formula is C15H22N4O3. The van der Waals surface area contributed by atoms with Gasteiger partial charge in [-0.1, -0.05) is 0 Å². The summed E-state index contributed by atoms with van der Waals surface area (Å²) in [5.41, 5.74) is 0. The Labute approximate surface area is 130 Å². The van der Waals surface area contributed by atoms with Gasteiger partial charge in [0.1, 0.15) is 5.82 Å². The molecular weight excluding hydrogens is 284 g/mol. The van der Waals surface area contributed by atoms with Gasteiger partial charge in [0, 0.05) is 31.1 Å². The van der Waals surface area contributed by atoms with Crippen LogP contribution in [0.3, 0.4) is 0 Å². The number of nitrogens with zero attached hydrogens (tertiary/aromatic N) is 3. The van der Waals surface area contributed by atoms with E-state index in [0.29, 0.717) is 29.6 Å². The zero-order valence-electron chi connectivity index (χ0n) is 13.0. The number of anilines is 1. The number of hydrogen-bond acceptors (Lipinski definition) is 6. The fourth-order valence-corrected chi connectivity index (χ4v) is 2.72. The first-order valence-corrected chi connectivity index (χ1v) is 7.72. The molecule has 0 spiro atoms. The van der Waals surface area contributed by atoms with E-state index in [9.17, 15) is 4.79 Å². The van der Waals surface area contributed by atoms with Crippen LogP contribution < -0.4 is 14.8 Å². The number of ether oxygens (including phenoxy) is 2. The van der Waals surface area contributed by atoms with Gasteiger partial charge in [-0.3, -0.25) is 4.79 Å². The molecule has 1 amide bonds. The van der Waals surface area contributed by atoms with Gasteiger partial charge in [0.2, 0.25) is 11.8 Å². The highest BCUT2D eigenvalue weighted by molar-refractivity contribution is 5.81. The first kappa shape index (κ1) is 14.9. The van der Waals surface area contributed by atoms with Crippen LogP contribution in [0.25, 0.3) is 0 Å². The number of carbonyl (C=O) groups excluding carboxylic acids is 1. The normalized spacial score (nSPS) is 18.9. The topological polar surface area (TPSA) is 76.6 Å². The van der Waals surface area contributed by atoms with Crippen molar-refractivity contribution in [1.29, 1.82) is 0 Å². The molecule has 0 unspecified atom stereocenters. The maximum atomic E-state index is 12.0. The Morgan fingerprint density at radius 1 is 1.18 bits per heavy atom. The van der Waals surface area contributed by atoms with Gasteiger partial charge in [0.05, 0.1) is 14.2 Å². The summed E-state index contributed by atoms with van der Waals surface area (Å²) in [5.74, 6) is 1.80. The molecule has 1 saturated heterocycles. The summed E-state index contributed by atoms with van der Waals surface area (Å²) in [4.78, 5) is 22.4. The average Bonchev–Trinajstić information content (AvgIpc) is 3.39.